The number of rotatable bonds is 5. The molecule has 0 amide bonds. The summed E-state index contributed by atoms with van der Waals surface area (Å²) in [6, 6.07) is 0. The maximum Gasteiger partial charge on any atom is 0.412 e. The minimum Gasteiger partial charge on any atom is -0.331 e. The predicted molar refractivity (Wildman–Crippen MR) is 39.0 cm³/mol. The summed E-state index contributed by atoms with van der Waals surface area (Å²) in [5, 5.41) is 0. The SMILES string of the molecule is CCOC(C)(OC)OCC(F)(F)F. The molecule has 0 bridgehead atoms. The number of alkyl halides is 3. The minimum atomic E-state index is -4.38. The predicted octanol–water partition coefficient (Wildman–Crippen LogP) is 1.92. The normalized spacial score (nSPS) is 17.1. The van der Waals surface area contributed by atoms with Crippen LogP contribution in [0.25, 0.3) is 0 Å². The fourth-order valence-corrected chi connectivity index (χ4v) is 0.635. The molecule has 0 aliphatic rings. The lowest BCUT2D eigenvalue weighted by Crippen LogP contribution is -2.37. The van der Waals surface area contributed by atoms with Crippen LogP contribution in [0.2, 0.25) is 0 Å². The van der Waals surface area contributed by atoms with Gasteiger partial charge >= 0.3 is 6.18 Å². The molecule has 0 aromatic rings. The highest BCUT2D eigenvalue weighted by molar-refractivity contribution is 4.51. The molecular formula is C7H13F3O3. The first-order valence-corrected chi connectivity index (χ1v) is 3.73. The van der Waals surface area contributed by atoms with Gasteiger partial charge in [0.1, 0.15) is 6.61 Å². The first kappa shape index (κ1) is 12.7. The summed E-state index contributed by atoms with van der Waals surface area (Å²) in [5.74, 6) is -1.62. The van der Waals surface area contributed by atoms with E-state index < -0.39 is 18.8 Å². The summed E-state index contributed by atoms with van der Waals surface area (Å²) in [6.45, 7) is 1.73. The smallest absolute Gasteiger partial charge is 0.331 e. The highest BCUT2D eigenvalue weighted by Gasteiger charge is 2.34. The van der Waals surface area contributed by atoms with Crippen molar-refractivity contribution >= 4 is 0 Å². The molecule has 0 aliphatic heterocycles. The van der Waals surface area contributed by atoms with Gasteiger partial charge in [0, 0.05) is 20.6 Å². The average Bonchev–Trinajstić information content (AvgIpc) is 2.01. The van der Waals surface area contributed by atoms with E-state index in [-0.39, 0.29) is 6.61 Å². The van der Waals surface area contributed by atoms with Crippen LogP contribution in [0.15, 0.2) is 0 Å². The molecule has 0 radical (unpaired) electrons. The van der Waals surface area contributed by atoms with E-state index in [1.54, 1.807) is 6.92 Å². The van der Waals surface area contributed by atoms with Crippen molar-refractivity contribution in [3.05, 3.63) is 0 Å². The topological polar surface area (TPSA) is 27.7 Å². The van der Waals surface area contributed by atoms with Gasteiger partial charge in [0.25, 0.3) is 5.97 Å². The molecule has 0 aromatic carbocycles. The molecule has 0 rings (SSSR count). The van der Waals surface area contributed by atoms with Crippen LogP contribution in [-0.2, 0) is 14.2 Å². The maximum atomic E-state index is 11.7. The second kappa shape index (κ2) is 4.78. The van der Waals surface area contributed by atoms with Gasteiger partial charge in [0.05, 0.1) is 0 Å². The monoisotopic (exact) mass is 202 g/mol. The number of hydrogen-bond acceptors (Lipinski definition) is 3. The molecular weight excluding hydrogens is 189 g/mol. The van der Waals surface area contributed by atoms with Crippen LogP contribution >= 0.6 is 0 Å². The summed E-state index contributed by atoms with van der Waals surface area (Å²) in [4.78, 5) is 0. The van der Waals surface area contributed by atoms with Crippen molar-refractivity contribution in [3.63, 3.8) is 0 Å². The van der Waals surface area contributed by atoms with Crippen LogP contribution in [0.1, 0.15) is 13.8 Å². The Bertz CT molecular complexity index is 148. The first-order valence-electron chi connectivity index (χ1n) is 3.73. The van der Waals surface area contributed by atoms with Crippen molar-refractivity contribution in [1.82, 2.24) is 0 Å². The summed E-state index contributed by atoms with van der Waals surface area (Å²) in [7, 11) is 1.21. The molecule has 6 heteroatoms. The molecule has 1 unspecified atom stereocenters. The van der Waals surface area contributed by atoms with Crippen molar-refractivity contribution in [2.24, 2.45) is 0 Å². The minimum absolute atomic E-state index is 0.211. The number of methoxy groups -OCH3 is 1. The van der Waals surface area contributed by atoms with Gasteiger partial charge in [-0.05, 0) is 6.92 Å². The van der Waals surface area contributed by atoms with E-state index in [1.807, 2.05) is 0 Å². The second-order valence-corrected chi connectivity index (χ2v) is 2.40. The van der Waals surface area contributed by atoms with Crippen molar-refractivity contribution in [3.8, 4) is 0 Å². The molecule has 0 fully saturated rings. The van der Waals surface area contributed by atoms with Gasteiger partial charge in [-0.2, -0.15) is 13.2 Å². The van der Waals surface area contributed by atoms with E-state index >= 15 is 0 Å². The third-order valence-electron chi connectivity index (χ3n) is 1.28. The Kier molecular flexibility index (Phi) is 4.66. The Balaban J connectivity index is 3.97. The molecule has 0 N–H and O–H groups in total. The highest BCUT2D eigenvalue weighted by atomic mass is 19.4. The molecule has 1 atom stereocenters. The van der Waals surface area contributed by atoms with Gasteiger partial charge in [-0.1, -0.05) is 0 Å². The molecule has 0 heterocycles. The number of hydrogen-bond donors (Lipinski definition) is 0. The largest absolute Gasteiger partial charge is 0.412 e. The summed E-state index contributed by atoms with van der Waals surface area (Å²) in [6.07, 6.45) is -4.38. The second-order valence-electron chi connectivity index (χ2n) is 2.40. The zero-order valence-corrected chi connectivity index (χ0v) is 7.77. The lowest BCUT2D eigenvalue weighted by molar-refractivity contribution is -0.378. The van der Waals surface area contributed by atoms with Gasteiger partial charge in [-0.25, -0.2) is 0 Å². The Labute approximate surface area is 74.8 Å². The van der Waals surface area contributed by atoms with Crippen LogP contribution in [0, 0.1) is 0 Å². The van der Waals surface area contributed by atoms with E-state index in [4.69, 9.17) is 4.74 Å². The van der Waals surface area contributed by atoms with E-state index in [1.165, 1.54) is 14.0 Å². The average molecular weight is 202 g/mol. The zero-order valence-electron chi connectivity index (χ0n) is 7.77. The van der Waals surface area contributed by atoms with E-state index in [0.717, 1.165) is 0 Å². The standard InChI is InChI=1S/C7H13F3O3/c1-4-12-6(2,11-3)13-5-7(8,9)10/h4-5H2,1-3H3. The third-order valence-corrected chi connectivity index (χ3v) is 1.28. The lowest BCUT2D eigenvalue weighted by atomic mass is 10.6. The maximum absolute atomic E-state index is 11.7. The van der Waals surface area contributed by atoms with Crippen LogP contribution in [0.4, 0.5) is 13.2 Å². The Morgan fingerprint density at radius 3 is 2.00 bits per heavy atom. The van der Waals surface area contributed by atoms with Gasteiger partial charge < -0.3 is 14.2 Å². The van der Waals surface area contributed by atoms with E-state index in [2.05, 4.69) is 9.47 Å². The molecule has 0 saturated carbocycles. The van der Waals surface area contributed by atoms with Crippen LogP contribution in [0.3, 0.4) is 0 Å². The van der Waals surface area contributed by atoms with E-state index in [9.17, 15) is 13.2 Å². The Morgan fingerprint density at radius 1 is 1.15 bits per heavy atom. The van der Waals surface area contributed by atoms with Gasteiger partial charge in [0.2, 0.25) is 0 Å². The molecule has 13 heavy (non-hydrogen) atoms. The summed E-state index contributed by atoms with van der Waals surface area (Å²) in [5.41, 5.74) is 0. The van der Waals surface area contributed by atoms with Gasteiger partial charge in [-0.3, -0.25) is 0 Å². The van der Waals surface area contributed by atoms with Crippen LogP contribution in [0.5, 0.6) is 0 Å². The molecule has 0 saturated heterocycles. The lowest BCUT2D eigenvalue weighted by Gasteiger charge is -2.27. The first-order chi connectivity index (χ1) is 5.83. The van der Waals surface area contributed by atoms with Crippen molar-refractivity contribution in [2.75, 3.05) is 20.3 Å². The molecule has 0 aliphatic carbocycles. The molecule has 80 valence electrons. The van der Waals surface area contributed by atoms with Crippen LogP contribution < -0.4 is 0 Å². The number of ether oxygens (including phenoxy) is 3. The Morgan fingerprint density at radius 2 is 1.69 bits per heavy atom. The summed E-state index contributed by atoms with van der Waals surface area (Å²) >= 11 is 0. The highest BCUT2D eigenvalue weighted by Crippen LogP contribution is 2.20. The van der Waals surface area contributed by atoms with Crippen molar-refractivity contribution < 1.29 is 27.4 Å². The molecule has 0 spiro atoms. The summed E-state index contributed by atoms with van der Waals surface area (Å²) < 4.78 is 49.1. The third kappa shape index (κ3) is 5.84. The van der Waals surface area contributed by atoms with Gasteiger partial charge in [-0.15, -0.1) is 0 Å². The van der Waals surface area contributed by atoms with Crippen molar-refractivity contribution in [2.45, 2.75) is 26.0 Å². The zero-order chi connectivity index (χ0) is 10.5. The quantitative estimate of drug-likeness (QED) is 0.637. The number of halogens is 3. The molecule has 0 aromatic heterocycles. The van der Waals surface area contributed by atoms with Crippen LogP contribution in [-0.4, -0.2) is 32.5 Å². The van der Waals surface area contributed by atoms with E-state index in [0.29, 0.717) is 0 Å². The molecule has 3 nitrogen and oxygen atoms in total. The van der Waals surface area contributed by atoms with Gasteiger partial charge in [0.15, 0.2) is 0 Å². The fraction of sp³-hybridized carbons (Fsp3) is 1.00. The fourth-order valence-electron chi connectivity index (χ4n) is 0.635. The van der Waals surface area contributed by atoms with Crippen molar-refractivity contribution in [1.29, 1.82) is 0 Å². The Hall–Kier alpha value is -0.330.